The van der Waals surface area contributed by atoms with Crippen molar-refractivity contribution in [2.24, 2.45) is 18.9 Å². The highest BCUT2D eigenvalue weighted by Gasteiger charge is 2.27. The van der Waals surface area contributed by atoms with Crippen LogP contribution in [0.4, 0.5) is 0 Å². The molecule has 0 aliphatic heterocycles. The molecule has 1 aliphatic rings. The highest BCUT2D eigenvalue weighted by atomic mass is 32.1. The molecule has 0 unspecified atom stereocenters. The predicted molar refractivity (Wildman–Crippen MR) is 118 cm³/mol. The summed E-state index contributed by atoms with van der Waals surface area (Å²) in [4.78, 5) is 29.2. The number of hydrogen-bond donors (Lipinski definition) is 3. The van der Waals surface area contributed by atoms with Crippen molar-refractivity contribution in [1.82, 2.24) is 25.7 Å². The number of rotatable bonds is 4. The van der Waals surface area contributed by atoms with Crippen LogP contribution in [0.3, 0.4) is 0 Å². The van der Waals surface area contributed by atoms with Gasteiger partial charge in [-0.05, 0) is 42.6 Å². The molecule has 0 bridgehead atoms. The molecule has 7 nitrogen and oxygen atoms in total. The fraction of sp³-hybridized carbons (Fsp3) is 0.524. The number of hydrazine groups is 1. The molecule has 0 saturated heterocycles. The molecule has 156 valence electrons. The smallest absolute Gasteiger partial charge is 0.261 e. The van der Waals surface area contributed by atoms with Crippen LogP contribution in [-0.4, -0.2) is 26.6 Å². The lowest BCUT2D eigenvalue weighted by Crippen LogP contribution is -2.52. The van der Waals surface area contributed by atoms with Gasteiger partial charge in [0.05, 0.1) is 10.9 Å². The molecule has 1 heterocycles. The summed E-state index contributed by atoms with van der Waals surface area (Å²) in [6, 6.07) is 7.55. The Bertz CT molecular complexity index is 958. The van der Waals surface area contributed by atoms with Crippen LogP contribution in [0.1, 0.15) is 45.4 Å². The summed E-state index contributed by atoms with van der Waals surface area (Å²) in [5.74, 6) is 1.58. The third-order valence-corrected chi connectivity index (χ3v) is 6.21. The third-order valence-electron chi connectivity index (χ3n) is 5.99. The van der Waals surface area contributed by atoms with Gasteiger partial charge in [0.2, 0.25) is 5.91 Å². The van der Waals surface area contributed by atoms with Gasteiger partial charge >= 0.3 is 0 Å². The fourth-order valence-corrected chi connectivity index (χ4v) is 4.09. The van der Waals surface area contributed by atoms with E-state index in [1.807, 2.05) is 12.1 Å². The topological polar surface area (TPSA) is 88.1 Å². The molecule has 3 rings (SSSR count). The summed E-state index contributed by atoms with van der Waals surface area (Å²) < 4.78 is 1.50. The molecule has 1 aromatic heterocycles. The average Bonchev–Trinajstić information content (AvgIpc) is 2.71. The molecule has 1 fully saturated rings. The van der Waals surface area contributed by atoms with E-state index in [0.29, 0.717) is 46.1 Å². The van der Waals surface area contributed by atoms with Gasteiger partial charge in [-0.1, -0.05) is 38.8 Å². The van der Waals surface area contributed by atoms with Crippen LogP contribution in [0.2, 0.25) is 0 Å². The van der Waals surface area contributed by atoms with Gasteiger partial charge in [-0.25, -0.2) is 4.98 Å². The van der Waals surface area contributed by atoms with E-state index in [-0.39, 0.29) is 17.9 Å². The molecule has 29 heavy (non-hydrogen) atoms. The number of aromatic nitrogens is 2. The van der Waals surface area contributed by atoms with Crippen molar-refractivity contribution in [1.29, 1.82) is 0 Å². The number of benzene rings is 1. The van der Waals surface area contributed by atoms with E-state index in [4.69, 9.17) is 12.2 Å². The van der Waals surface area contributed by atoms with E-state index in [1.165, 1.54) is 17.4 Å². The summed E-state index contributed by atoms with van der Waals surface area (Å²) in [7, 11) is 1.68. The molecule has 0 radical (unpaired) electrons. The van der Waals surface area contributed by atoms with Crippen LogP contribution >= 0.6 is 12.2 Å². The SMILES string of the molecule is C[C@H]1[C@@H](NC(=S)NNC(=O)CCc2nc3ccccc3c(=O)n2C)CCC[C@@H]1C. The summed E-state index contributed by atoms with van der Waals surface area (Å²) in [5, 5.41) is 4.32. The van der Waals surface area contributed by atoms with Crippen molar-refractivity contribution in [3.05, 3.63) is 40.4 Å². The van der Waals surface area contributed by atoms with E-state index in [2.05, 4.69) is 35.0 Å². The maximum Gasteiger partial charge on any atom is 0.261 e. The van der Waals surface area contributed by atoms with Gasteiger partial charge in [0.1, 0.15) is 5.82 Å². The van der Waals surface area contributed by atoms with Crippen LogP contribution in [0.5, 0.6) is 0 Å². The number of thiocarbonyl (C=S) groups is 1. The van der Waals surface area contributed by atoms with Crippen LogP contribution in [0.15, 0.2) is 29.1 Å². The van der Waals surface area contributed by atoms with Crippen LogP contribution < -0.4 is 21.7 Å². The number of aryl methyl sites for hydroxylation is 1. The minimum atomic E-state index is -0.207. The molecule has 1 amide bonds. The minimum Gasteiger partial charge on any atom is -0.358 e. The first-order chi connectivity index (χ1) is 13.9. The van der Waals surface area contributed by atoms with Crippen molar-refractivity contribution in [3.8, 4) is 0 Å². The Morgan fingerprint density at radius 2 is 2.00 bits per heavy atom. The lowest BCUT2D eigenvalue weighted by Gasteiger charge is -2.35. The zero-order chi connectivity index (χ0) is 21.0. The summed E-state index contributed by atoms with van der Waals surface area (Å²) >= 11 is 5.32. The number of nitrogens with zero attached hydrogens (tertiary/aromatic N) is 2. The first kappa shape index (κ1) is 21.2. The van der Waals surface area contributed by atoms with Crippen molar-refractivity contribution in [2.45, 2.75) is 52.0 Å². The van der Waals surface area contributed by atoms with Crippen molar-refractivity contribution in [3.63, 3.8) is 0 Å². The van der Waals surface area contributed by atoms with Crippen molar-refractivity contribution in [2.75, 3.05) is 0 Å². The second kappa shape index (κ2) is 9.35. The number of fused-ring (bicyclic) bond motifs is 1. The standard InChI is InChI=1S/C21H29N5O2S/c1-13-7-6-10-16(14(13)2)23-21(29)25-24-19(27)12-11-18-22-17-9-5-4-8-15(17)20(28)26(18)3/h4-5,8-9,13-14,16H,6-7,10-12H2,1-3H3,(H,24,27)(H2,23,25,29)/t13-,14+,16-/m0/s1. The molecular formula is C21H29N5O2S. The highest BCUT2D eigenvalue weighted by Crippen LogP contribution is 2.29. The molecule has 8 heteroatoms. The van der Waals surface area contributed by atoms with Gasteiger partial charge in [-0.2, -0.15) is 0 Å². The first-order valence-electron chi connectivity index (χ1n) is 10.2. The van der Waals surface area contributed by atoms with E-state index < -0.39 is 0 Å². The highest BCUT2D eigenvalue weighted by molar-refractivity contribution is 7.80. The van der Waals surface area contributed by atoms with E-state index in [9.17, 15) is 9.59 Å². The monoisotopic (exact) mass is 415 g/mol. The quantitative estimate of drug-likeness (QED) is 0.524. The van der Waals surface area contributed by atoms with Gasteiger partial charge in [-0.15, -0.1) is 0 Å². The summed E-state index contributed by atoms with van der Waals surface area (Å²) in [5.41, 5.74) is 5.96. The second-order valence-corrected chi connectivity index (χ2v) is 8.34. The Hall–Kier alpha value is -2.48. The second-order valence-electron chi connectivity index (χ2n) is 7.93. The Kier molecular flexibility index (Phi) is 6.84. The van der Waals surface area contributed by atoms with E-state index in [1.54, 1.807) is 19.2 Å². The number of amides is 1. The van der Waals surface area contributed by atoms with Crippen LogP contribution in [0, 0.1) is 11.8 Å². The first-order valence-corrected chi connectivity index (χ1v) is 10.6. The zero-order valence-corrected chi connectivity index (χ0v) is 18.0. The minimum absolute atomic E-state index is 0.106. The molecule has 1 aromatic carbocycles. The van der Waals surface area contributed by atoms with Gasteiger partial charge in [-0.3, -0.25) is 25.0 Å². The Balaban J connectivity index is 1.50. The van der Waals surface area contributed by atoms with Crippen molar-refractivity contribution < 1.29 is 4.79 Å². The van der Waals surface area contributed by atoms with Gasteiger partial charge < -0.3 is 5.32 Å². The number of nitrogens with one attached hydrogen (secondary N) is 3. The van der Waals surface area contributed by atoms with E-state index in [0.717, 1.165) is 6.42 Å². The Morgan fingerprint density at radius 3 is 2.79 bits per heavy atom. The predicted octanol–water partition coefficient (Wildman–Crippen LogP) is 2.19. The molecule has 0 spiro atoms. The van der Waals surface area contributed by atoms with Crippen LogP contribution in [0.25, 0.3) is 10.9 Å². The largest absolute Gasteiger partial charge is 0.358 e. The van der Waals surface area contributed by atoms with Gasteiger partial charge in [0, 0.05) is 25.9 Å². The van der Waals surface area contributed by atoms with Gasteiger partial charge in [0.15, 0.2) is 5.11 Å². The lowest BCUT2D eigenvalue weighted by molar-refractivity contribution is -0.121. The van der Waals surface area contributed by atoms with Crippen molar-refractivity contribution >= 4 is 34.1 Å². The zero-order valence-electron chi connectivity index (χ0n) is 17.2. The lowest BCUT2D eigenvalue weighted by atomic mass is 9.78. The Morgan fingerprint density at radius 1 is 1.24 bits per heavy atom. The van der Waals surface area contributed by atoms with Gasteiger partial charge in [0.25, 0.3) is 5.56 Å². The van der Waals surface area contributed by atoms with E-state index >= 15 is 0 Å². The maximum atomic E-state index is 12.4. The van der Waals surface area contributed by atoms with Crippen LogP contribution in [-0.2, 0) is 18.3 Å². The number of carbonyl (C=O) groups is 1. The molecule has 3 N–H and O–H groups in total. The molecule has 1 aliphatic carbocycles. The molecule has 1 saturated carbocycles. The average molecular weight is 416 g/mol. The fourth-order valence-electron chi connectivity index (χ4n) is 3.89. The third kappa shape index (κ3) is 5.12. The molecule has 2 aromatic rings. The Labute approximate surface area is 176 Å². The number of para-hydroxylation sites is 1. The normalized spacial score (nSPS) is 21.6. The molecule has 3 atom stereocenters. The molecular weight excluding hydrogens is 386 g/mol. The summed E-state index contributed by atoms with van der Waals surface area (Å²) in [6.07, 6.45) is 4.09. The summed E-state index contributed by atoms with van der Waals surface area (Å²) in [6.45, 7) is 4.51. The maximum absolute atomic E-state index is 12.4. The number of hydrogen-bond acceptors (Lipinski definition) is 4. The number of carbonyl (C=O) groups excluding carboxylic acids is 1.